The summed E-state index contributed by atoms with van der Waals surface area (Å²) in [4.78, 5) is 21.9. The molecule has 5 heteroatoms. The summed E-state index contributed by atoms with van der Waals surface area (Å²) in [7, 11) is 1.69. The maximum atomic E-state index is 11.4. The molecule has 0 aliphatic rings. The number of rotatable bonds is 6. The SMILES string of the molecule is CNCC(=O)Nc1ccccc1CCC(=O)O. The van der Waals surface area contributed by atoms with E-state index < -0.39 is 5.97 Å². The zero-order valence-corrected chi connectivity index (χ0v) is 9.69. The van der Waals surface area contributed by atoms with Crippen LogP contribution in [0.25, 0.3) is 0 Å². The average molecular weight is 236 g/mol. The first-order valence-electron chi connectivity index (χ1n) is 5.37. The maximum Gasteiger partial charge on any atom is 0.303 e. The minimum atomic E-state index is -0.846. The highest BCUT2D eigenvalue weighted by Gasteiger charge is 2.07. The van der Waals surface area contributed by atoms with E-state index in [2.05, 4.69) is 10.6 Å². The maximum absolute atomic E-state index is 11.4. The molecule has 1 amide bonds. The van der Waals surface area contributed by atoms with Crippen molar-refractivity contribution >= 4 is 17.6 Å². The van der Waals surface area contributed by atoms with E-state index in [1.807, 2.05) is 12.1 Å². The van der Waals surface area contributed by atoms with Crippen LogP contribution in [0, 0.1) is 0 Å². The standard InChI is InChI=1S/C12H16N2O3/c1-13-8-11(15)14-10-5-3-2-4-9(10)6-7-12(16)17/h2-5,13H,6-8H2,1H3,(H,14,15)(H,16,17). The van der Waals surface area contributed by atoms with Gasteiger partial charge in [-0.2, -0.15) is 0 Å². The first kappa shape index (κ1) is 13.2. The van der Waals surface area contributed by atoms with Crippen molar-refractivity contribution in [2.45, 2.75) is 12.8 Å². The molecule has 0 aliphatic heterocycles. The summed E-state index contributed by atoms with van der Waals surface area (Å²) in [6.45, 7) is 0.229. The molecule has 1 aromatic carbocycles. The number of para-hydroxylation sites is 1. The van der Waals surface area contributed by atoms with Crippen LogP contribution in [-0.2, 0) is 16.0 Å². The predicted molar refractivity (Wildman–Crippen MR) is 65.0 cm³/mol. The van der Waals surface area contributed by atoms with Crippen molar-refractivity contribution in [3.8, 4) is 0 Å². The van der Waals surface area contributed by atoms with Crippen molar-refractivity contribution in [2.75, 3.05) is 18.9 Å². The molecule has 3 N–H and O–H groups in total. The van der Waals surface area contributed by atoms with Gasteiger partial charge < -0.3 is 15.7 Å². The van der Waals surface area contributed by atoms with Crippen molar-refractivity contribution in [3.63, 3.8) is 0 Å². The molecular formula is C12H16N2O3. The average Bonchev–Trinajstić information content (AvgIpc) is 2.28. The van der Waals surface area contributed by atoms with Gasteiger partial charge in [-0.15, -0.1) is 0 Å². The molecule has 0 saturated carbocycles. The van der Waals surface area contributed by atoms with Crippen LogP contribution in [0.15, 0.2) is 24.3 Å². The molecule has 0 aliphatic carbocycles. The van der Waals surface area contributed by atoms with Gasteiger partial charge in [-0.25, -0.2) is 0 Å². The van der Waals surface area contributed by atoms with Crippen LogP contribution in [0.3, 0.4) is 0 Å². The van der Waals surface area contributed by atoms with Gasteiger partial charge in [0.25, 0.3) is 0 Å². The number of hydrogen-bond donors (Lipinski definition) is 3. The first-order chi connectivity index (χ1) is 8.13. The molecule has 92 valence electrons. The zero-order chi connectivity index (χ0) is 12.7. The van der Waals surface area contributed by atoms with Gasteiger partial charge >= 0.3 is 5.97 Å². The summed E-state index contributed by atoms with van der Waals surface area (Å²) >= 11 is 0. The molecule has 1 aromatic rings. The third-order valence-electron chi connectivity index (χ3n) is 2.24. The first-order valence-corrected chi connectivity index (χ1v) is 5.37. The zero-order valence-electron chi connectivity index (χ0n) is 9.69. The molecule has 0 unspecified atom stereocenters. The van der Waals surface area contributed by atoms with Crippen LogP contribution in [0.5, 0.6) is 0 Å². The number of likely N-dealkylation sites (N-methyl/N-ethyl adjacent to an activating group) is 1. The Morgan fingerprint density at radius 1 is 1.29 bits per heavy atom. The Hall–Kier alpha value is -1.88. The van der Waals surface area contributed by atoms with Crippen molar-refractivity contribution < 1.29 is 14.7 Å². The van der Waals surface area contributed by atoms with Gasteiger partial charge in [-0.05, 0) is 25.1 Å². The number of hydrogen-bond acceptors (Lipinski definition) is 3. The third-order valence-corrected chi connectivity index (χ3v) is 2.24. The van der Waals surface area contributed by atoms with Gasteiger partial charge in [0, 0.05) is 12.1 Å². The molecule has 0 atom stereocenters. The summed E-state index contributed by atoms with van der Waals surface area (Å²) in [6.07, 6.45) is 0.463. The molecule has 0 fully saturated rings. The molecule has 0 aromatic heterocycles. The predicted octanol–water partition coefficient (Wildman–Crippen LogP) is 0.862. The summed E-state index contributed by atoms with van der Waals surface area (Å²) in [5.41, 5.74) is 1.51. The third kappa shape index (κ3) is 4.65. The van der Waals surface area contributed by atoms with Crippen LogP contribution in [-0.4, -0.2) is 30.6 Å². The Morgan fingerprint density at radius 2 is 2.00 bits per heavy atom. The number of aryl methyl sites for hydroxylation is 1. The van der Waals surface area contributed by atoms with Gasteiger partial charge in [-0.1, -0.05) is 18.2 Å². The number of carboxylic acids is 1. The second-order valence-corrected chi connectivity index (χ2v) is 3.63. The van der Waals surface area contributed by atoms with Crippen molar-refractivity contribution in [1.29, 1.82) is 0 Å². The number of carboxylic acid groups (broad SMARTS) is 1. The lowest BCUT2D eigenvalue weighted by molar-refractivity contribution is -0.136. The fourth-order valence-corrected chi connectivity index (χ4v) is 1.46. The molecular weight excluding hydrogens is 220 g/mol. The second-order valence-electron chi connectivity index (χ2n) is 3.63. The normalized spacial score (nSPS) is 9.94. The highest BCUT2D eigenvalue weighted by Crippen LogP contribution is 2.16. The summed E-state index contributed by atoms with van der Waals surface area (Å²) in [5.74, 6) is -0.989. The Kier molecular flexibility index (Phi) is 5.16. The van der Waals surface area contributed by atoms with Gasteiger partial charge in [0.1, 0.15) is 0 Å². The van der Waals surface area contributed by atoms with Gasteiger partial charge in [0.15, 0.2) is 0 Å². The second kappa shape index (κ2) is 6.65. The Balaban J connectivity index is 2.70. The van der Waals surface area contributed by atoms with E-state index in [1.165, 1.54) is 0 Å². The van der Waals surface area contributed by atoms with E-state index in [-0.39, 0.29) is 18.9 Å². The molecule has 0 radical (unpaired) electrons. The van der Waals surface area contributed by atoms with Crippen molar-refractivity contribution in [1.82, 2.24) is 5.32 Å². The highest BCUT2D eigenvalue weighted by atomic mass is 16.4. The highest BCUT2D eigenvalue weighted by molar-refractivity contribution is 5.93. The van der Waals surface area contributed by atoms with E-state index in [4.69, 9.17) is 5.11 Å². The molecule has 0 bridgehead atoms. The minimum absolute atomic E-state index is 0.0545. The minimum Gasteiger partial charge on any atom is -0.481 e. The number of anilines is 1. The van der Waals surface area contributed by atoms with Crippen molar-refractivity contribution in [3.05, 3.63) is 29.8 Å². The number of nitrogens with one attached hydrogen (secondary N) is 2. The van der Waals surface area contributed by atoms with Crippen LogP contribution in [0.2, 0.25) is 0 Å². The molecule has 17 heavy (non-hydrogen) atoms. The Labute approximate surface area is 99.8 Å². The monoisotopic (exact) mass is 236 g/mol. The fraction of sp³-hybridized carbons (Fsp3) is 0.333. The van der Waals surface area contributed by atoms with Crippen LogP contribution >= 0.6 is 0 Å². The van der Waals surface area contributed by atoms with Gasteiger partial charge in [0.05, 0.1) is 6.54 Å². The summed E-state index contributed by atoms with van der Waals surface area (Å²) in [5, 5.41) is 14.1. The molecule has 0 heterocycles. The van der Waals surface area contributed by atoms with Crippen molar-refractivity contribution in [2.24, 2.45) is 0 Å². The largest absolute Gasteiger partial charge is 0.481 e. The summed E-state index contributed by atoms with van der Waals surface area (Å²) < 4.78 is 0. The number of amides is 1. The smallest absolute Gasteiger partial charge is 0.303 e. The fourth-order valence-electron chi connectivity index (χ4n) is 1.46. The molecule has 1 rings (SSSR count). The molecule has 5 nitrogen and oxygen atoms in total. The number of benzene rings is 1. The number of carbonyl (C=O) groups excluding carboxylic acids is 1. The molecule has 0 spiro atoms. The lowest BCUT2D eigenvalue weighted by atomic mass is 10.1. The Bertz CT molecular complexity index is 404. The van der Waals surface area contributed by atoms with E-state index in [0.29, 0.717) is 12.1 Å². The van der Waals surface area contributed by atoms with Crippen LogP contribution < -0.4 is 10.6 Å². The van der Waals surface area contributed by atoms with Crippen LogP contribution in [0.4, 0.5) is 5.69 Å². The van der Waals surface area contributed by atoms with E-state index >= 15 is 0 Å². The van der Waals surface area contributed by atoms with Gasteiger partial charge in [0.2, 0.25) is 5.91 Å². The number of aliphatic carboxylic acids is 1. The van der Waals surface area contributed by atoms with E-state index in [0.717, 1.165) is 5.56 Å². The number of carbonyl (C=O) groups is 2. The lowest BCUT2D eigenvalue weighted by Gasteiger charge is -2.10. The summed E-state index contributed by atoms with van der Waals surface area (Å²) in [6, 6.07) is 7.22. The van der Waals surface area contributed by atoms with E-state index in [9.17, 15) is 9.59 Å². The van der Waals surface area contributed by atoms with E-state index in [1.54, 1.807) is 19.2 Å². The van der Waals surface area contributed by atoms with Gasteiger partial charge in [-0.3, -0.25) is 9.59 Å². The Morgan fingerprint density at radius 3 is 2.65 bits per heavy atom. The molecule has 0 saturated heterocycles. The quantitative estimate of drug-likeness (QED) is 0.684. The van der Waals surface area contributed by atoms with Crippen LogP contribution in [0.1, 0.15) is 12.0 Å². The topological polar surface area (TPSA) is 78.4 Å². The lowest BCUT2D eigenvalue weighted by Crippen LogP contribution is -2.25.